The fourth-order valence-electron chi connectivity index (χ4n) is 2.55. The van der Waals surface area contributed by atoms with Gasteiger partial charge in [-0.2, -0.15) is 0 Å². The van der Waals surface area contributed by atoms with E-state index in [0.29, 0.717) is 24.0 Å². The molecular formula is C14H16N4O. The zero-order valence-corrected chi connectivity index (χ0v) is 10.6. The molecule has 5 nitrogen and oxygen atoms in total. The van der Waals surface area contributed by atoms with Gasteiger partial charge in [0.05, 0.1) is 17.1 Å². The van der Waals surface area contributed by atoms with Crippen molar-refractivity contribution in [3.63, 3.8) is 0 Å². The van der Waals surface area contributed by atoms with E-state index in [1.807, 2.05) is 18.2 Å². The summed E-state index contributed by atoms with van der Waals surface area (Å²) in [7, 11) is 0. The van der Waals surface area contributed by atoms with Crippen LogP contribution in [0.4, 0.5) is 0 Å². The maximum absolute atomic E-state index is 10.7. The van der Waals surface area contributed by atoms with Gasteiger partial charge in [0.15, 0.2) is 12.1 Å². The SMILES string of the molecule is NC(=NC1CCCC1)c1ccc2nc(C=O)[nH]c2c1. The van der Waals surface area contributed by atoms with Gasteiger partial charge in [-0.25, -0.2) is 4.98 Å². The molecule has 0 saturated heterocycles. The lowest BCUT2D eigenvalue weighted by Gasteiger charge is -2.05. The zero-order chi connectivity index (χ0) is 13.2. The number of aromatic nitrogens is 2. The Morgan fingerprint density at radius 1 is 1.42 bits per heavy atom. The highest BCUT2D eigenvalue weighted by Crippen LogP contribution is 2.21. The maximum atomic E-state index is 10.7. The van der Waals surface area contributed by atoms with Gasteiger partial charge in [0.25, 0.3) is 0 Å². The molecule has 0 atom stereocenters. The number of fused-ring (bicyclic) bond motifs is 1. The van der Waals surface area contributed by atoms with Crippen LogP contribution in [0.5, 0.6) is 0 Å². The van der Waals surface area contributed by atoms with E-state index in [2.05, 4.69) is 15.0 Å². The summed E-state index contributed by atoms with van der Waals surface area (Å²) in [4.78, 5) is 22.3. The lowest BCUT2D eigenvalue weighted by atomic mass is 10.1. The number of H-pyrrole nitrogens is 1. The second kappa shape index (κ2) is 4.84. The highest BCUT2D eigenvalue weighted by molar-refractivity contribution is 6.00. The number of hydrogen-bond donors (Lipinski definition) is 2. The van der Waals surface area contributed by atoms with Gasteiger partial charge in [-0.1, -0.05) is 12.8 Å². The monoisotopic (exact) mass is 256 g/mol. The molecule has 0 amide bonds. The molecule has 0 aliphatic heterocycles. The predicted octanol–water partition coefficient (Wildman–Crippen LogP) is 2.02. The van der Waals surface area contributed by atoms with Crippen LogP contribution in [0.2, 0.25) is 0 Å². The molecule has 0 spiro atoms. The first kappa shape index (κ1) is 11.9. The summed E-state index contributed by atoms with van der Waals surface area (Å²) >= 11 is 0. The van der Waals surface area contributed by atoms with Crippen molar-refractivity contribution in [1.82, 2.24) is 9.97 Å². The van der Waals surface area contributed by atoms with Gasteiger partial charge in [0.1, 0.15) is 5.84 Å². The Morgan fingerprint density at radius 3 is 2.95 bits per heavy atom. The van der Waals surface area contributed by atoms with E-state index in [0.717, 1.165) is 29.4 Å². The molecule has 1 fully saturated rings. The minimum atomic E-state index is 0.332. The number of amidine groups is 1. The van der Waals surface area contributed by atoms with Crippen molar-refractivity contribution in [3.8, 4) is 0 Å². The van der Waals surface area contributed by atoms with Gasteiger partial charge < -0.3 is 10.7 Å². The lowest BCUT2D eigenvalue weighted by molar-refractivity contribution is 0.111. The summed E-state index contributed by atoms with van der Waals surface area (Å²) in [6, 6.07) is 6.00. The number of carbonyl (C=O) groups is 1. The molecule has 1 heterocycles. The number of aromatic amines is 1. The summed E-state index contributed by atoms with van der Waals surface area (Å²) < 4.78 is 0. The van der Waals surface area contributed by atoms with Crippen molar-refractivity contribution < 1.29 is 4.79 Å². The molecule has 1 aliphatic carbocycles. The number of nitrogens with two attached hydrogens (primary N) is 1. The Kier molecular flexibility index (Phi) is 3.03. The molecule has 1 aromatic heterocycles. The number of imidazole rings is 1. The van der Waals surface area contributed by atoms with E-state index in [-0.39, 0.29) is 0 Å². The van der Waals surface area contributed by atoms with E-state index >= 15 is 0 Å². The highest BCUT2D eigenvalue weighted by atomic mass is 16.1. The normalized spacial score (nSPS) is 17.2. The minimum absolute atomic E-state index is 0.332. The van der Waals surface area contributed by atoms with E-state index < -0.39 is 0 Å². The molecule has 98 valence electrons. The Labute approximate surface area is 110 Å². The Morgan fingerprint density at radius 2 is 2.21 bits per heavy atom. The number of aldehydes is 1. The van der Waals surface area contributed by atoms with Crippen molar-refractivity contribution in [2.75, 3.05) is 0 Å². The average molecular weight is 256 g/mol. The zero-order valence-electron chi connectivity index (χ0n) is 10.6. The van der Waals surface area contributed by atoms with Crippen LogP contribution in [0.15, 0.2) is 23.2 Å². The van der Waals surface area contributed by atoms with Crippen LogP contribution in [-0.2, 0) is 0 Å². The molecule has 3 rings (SSSR count). The molecule has 1 aliphatic rings. The number of benzene rings is 1. The summed E-state index contributed by atoms with van der Waals surface area (Å²) in [5.74, 6) is 0.898. The molecule has 2 aromatic rings. The first-order valence-electron chi connectivity index (χ1n) is 6.55. The van der Waals surface area contributed by atoms with Crippen molar-refractivity contribution in [3.05, 3.63) is 29.6 Å². The number of nitrogens with zero attached hydrogens (tertiary/aromatic N) is 2. The van der Waals surface area contributed by atoms with Crippen molar-refractivity contribution in [1.29, 1.82) is 0 Å². The van der Waals surface area contributed by atoms with Crippen LogP contribution < -0.4 is 5.73 Å². The van der Waals surface area contributed by atoms with E-state index in [1.165, 1.54) is 12.8 Å². The number of nitrogens with one attached hydrogen (secondary N) is 1. The van der Waals surface area contributed by atoms with Gasteiger partial charge >= 0.3 is 0 Å². The maximum Gasteiger partial charge on any atom is 0.185 e. The molecule has 1 aromatic carbocycles. The van der Waals surface area contributed by atoms with E-state index in [4.69, 9.17) is 5.73 Å². The Bertz CT molecular complexity index is 638. The number of rotatable bonds is 3. The highest BCUT2D eigenvalue weighted by Gasteiger charge is 2.14. The Balaban J connectivity index is 1.93. The molecule has 1 saturated carbocycles. The summed E-state index contributed by atoms with van der Waals surface area (Å²) in [6.45, 7) is 0. The average Bonchev–Trinajstić information content (AvgIpc) is 3.05. The second-order valence-electron chi connectivity index (χ2n) is 4.92. The van der Waals surface area contributed by atoms with Crippen LogP contribution in [0.3, 0.4) is 0 Å². The predicted molar refractivity (Wildman–Crippen MR) is 74.5 cm³/mol. The second-order valence-corrected chi connectivity index (χ2v) is 4.92. The topological polar surface area (TPSA) is 84.1 Å². The van der Waals surface area contributed by atoms with Crippen LogP contribution in [0, 0.1) is 0 Å². The smallest absolute Gasteiger partial charge is 0.185 e. The van der Waals surface area contributed by atoms with Crippen LogP contribution in [0.1, 0.15) is 41.9 Å². The third-order valence-electron chi connectivity index (χ3n) is 3.55. The van der Waals surface area contributed by atoms with Crippen molar-refractivity contribution >= 4 is 23.2 Å². The molecule has 0 bridgehead atoms. The lowest BCUT2D eigenvalue weighted by Crippen LogP contribution is -2.16. The van der Waals surface area contributed by atoms with Gasteiger partial charge in [-0.3, -0.25) is 9.79 Å². The third-order valence-corrected chi connectivity index (χ3v) is 3.55. The largest absolute Gasteiger partial charge is 0.383 e. The molecule has 5 heteroatoms. The molecule has 0 radical (unpaired) electrons. The van der Waals surface area contributed by atoms with Crippen molar-refractivity contribution in [2.24, 2.45) is 10.7 Å². The van der Waals surface area contributed by atoms with Crippen LogP contribution in [0.25, 0.3) is 11.0 Å². The standard InChI is InChI=1S/C14H16N4O/c15-14(16-10-3-1-2-4-10)9-5-6-11-12(7-9)18-13(8-19)17-11/h5-8,10H,1-4H2,(H2,15,16)(H,17,18). The summed E-state index contributed by atoms with van der Waals surface area (Å²) in [6.07, 6.45) is 5.44. The van der Waals surface area contributed by atoms with Crippen LogP contribution >= 0.6 is 0 Å². The molecule has 3 N–H and O–H groups in total. The first-order valence-corrected chi connectivity index (χ1v) is 6.55. The van der Waals surface area contributed by atoms with Crippen molar-refractivity contribution in [2.45, 2.75) is 31.7 Å². The fourth-order valence-corrected chi connectivity index (χ4v) is 2.55. The molecular weight excluding hydrogens is 240 g/mol. The number of aliphatic imine (C=N–C) groups is 1. The molecule has 19 heavy (non-hydrogen) atoms. The quantitative estimate of drug-likeness (QED) is 0.500. The number of carbonyl (C=O) groups excluding carboxylic acids is 1. The van der Waals surface area contributed by atoms with E-state index in [1.54, 1.807) is 0 Å². The third kappa shape index (κ3) is 2.36. The van der Waals surface area contributed by atoms with Gasteiger partial charge in [0.2, 0.25) is 0 Å². The summed E-state index contributed by atoms with van der Waals surface area (Å²) in [5.41, 5.74) is 8.50. The Hall–Kier alpha value is -2.17. The van der Waals surface area contributed by atoms with Crippen LogP contribution in [-0.4, -0.2) is 28.1 Å². The molecule has 0 unspecified atom stereocenters. The number of hydrogen-bond acceptors (Lipinski definition) is 3. The van der Waals surface area contributed by atoms with E-state index in [9.17, 15) is 4.79 Å². The first-order chi connectivity index (χ1) is 9.26. The minimum Gasteiger partial charge on any atom is -0.383 e. The van der Waals surface area contributed by atoms with Gasteiger partial charge in [0, 0.05) is 5.56 Å². The van der Waals surface area contributed by atoms with Gasteiger partial charge in [-0.15, -0.1) is 0 Å². The van der Waals surface area contributed by atoms with Gasteiger partial charge in [-0.05, 0) is 31.0 Å². The fraction of sp³-hybridized carbons (Fsp3) is 0.357. The summed E-state index contributed by atoms with van der Waals surface area (Å²) in [5, 5.41) is 0.